The lowest BCUT2D eigenvalue weighted by atomic mass is 10.0. The van der Waals surface area contributed by atoms with Gasteiger partial charge in [-0.25, -0.2) is 0 Å². The summed E-state index contributed by atoms with van der Waals surface area (Å²) in [6.07, 6.45) is 2.69. The predicted octanol–water partition coefficient (Wildman–Crippen LogP) is 3.89. The molecule has 0 saturated carbocycles. The maximum atomic E-state index is 10.9. The lowest BCUT2D eigenvalue weighted by Crippen LogP contribution is -2.53. The van der Waals surface area contributed by atoms with E-state index in [1.54, 1.807) is 40.0 Å². The van der Waals surface area contributed by atoms with E-state index in [1.165, 1.54) is 18.7 Å². The summed E-state index contributed by atoms with van der Waals surface area (Å²) >= 11 is 0. The molecule has 0 aliphatic carbocycles. The van der Waals surface area contributed by atoms with Crippen molar-refractivity contribution in [1.29, 1.82) is 0 Å². The Bertz CT molecular complexity index is 1390. The van der Waals surface area contributed by atoms with E-state index in [-0.39, 0.29) is 23.7 Å². The average molecular weight is 645 g/mol. The molecule has 12 nitrogen and oxygen atoms in total. The number of aliphatic hydroxyl groups excluding tert-OH is 3. The van der Waals surface area contributed by atoms with Gasteiger partial charge in [-0.15, -0.1) is 0 Å². The molecule has 12 heteroatoms. The first-order chi connectivity index (χ1) is 21.9. The smallest absolute Gasteiger partial charge is 0.298 e. The lowest BCUT2D eigenvalue weighted by molar-refractivity contribution is -0.235. The van der Waals surface area contributed by atoms with Gasteiger partial charge in [0.2, 0.25) is 6.29 Å². The maximum Gasteiger partial charge on any atom is 0.298 e. The van der Waals surface area contributed by atoms with Crippen LogP contribution in [-0.4, -0.2) is 78.2 Å². The van der Waals surface area contributed by atoms with Crippen LogP contribution in [-0.2, 0) is 25.5 Å². The minimum Gasteiger partial charge on any atom is -0.508 e. The van der Waals surface area contributed by atoms with Crippen molar-refractivity contribution in [1.82, 2.24) is 5.32 Å². The minimum atomic E-state index is -1.32. The van der Waals surface area contributed by atoms with Crippen LogP contribution in [0.1, 0.15) is 56.9 Å². The van der Waals surface area contributed by atoms with Crippen molar-refractivity contribution in [2.75, 3.05) is 14.1 Å². The number of aliphatic hydroxyl groups is 3. The molecule has 0 amide bonds. The SMILES string of the molecule is C/C=C\c1ccc(O)c(CC=C(C)C)c1.C=O.CN.CN/C(C)=C(\O)c1ccc(O[C@@H]2OC3(C)O[C@@H]3C(O)C2O)c(C)c1OC=O. The molecule has 0 radical (unpaired) electrons. The zero-order valence-corrected chi connectivity index (χ0v) is 27.7. The summed E-state index contributed by atoms with van der Waals surface area (Å²) in [4.78, 5) is 18.9. The Morgan fingerprint density at radius 2 is 1.76 bits per heavy atom. The highest BCUT2D eigenvalue weighted by Crippen LogP contribution is 2.47. The van der Waals surface area contributed by atoms with Gasteiger partial charge in [0, 0.05) is 12.6 Å². The van der Waals surface area contributed by atoms with Gasteiger partial charge in [-0.05, 0) is 90.4 Å². The highest BCUT2D eigenvalue weighted by Gasteiger charge is 2.66. The molecule has 0 spiro atoms. The number of allylic oxidation sites excluding steroid dienone is 4. The maximum absolute atomic E-state index is 10.9. The highest BCUT2D eigenvalue weighted by molar-refractivity contribution is 5.71. The molecule has 4 rings (SSSR count). The van der Waals surface area contributed by atoms with Crippen molar-refractivity contribution in [2.45, 2.75) is 78.4 Å². The number of phenolic OH excluding ortho intramolecular Hbond substituents is 1. The number of carbonyl (C=O) groups is 2. The summed E-state index contributed by atoms with van der Waals surface area (Å²) in [6.45, 7) is 13.3. The van der Waals surface area contributed by atoms with E-state index in [9.17, 15) is 25.2 Å². The Kier molecular flexibility index (Phi) is 16.2. The van der Waals surface area contributed by atoms with Gasteiger partial charge in [-0.2, -0.15) is 0 Å². The Balaban J connectivity index is 0.000000473. The number of phenols is 1. The van der Waals surface area contributed by atoms with E-state index < -0.39 is 30.4 Å². The molecular weight excluding hydrogens is 596 g/mol. The molecule has 2 aromatic rings. The van der Waals surface area contributed by atoms with Gasteiger partial charge < -0.3 is 55.2 Å². The second kappa shape index (κ2) is 18.7. The third kappa shape index (κ3) is 10.2. The average Bonchev–Trinajstić information content (AvgIpc) is 3.74. The number of ether oxygens (including phenoxy) is 4. The van der Waals surface area contributed by atoms with Crippen molar-refractivity contribution in [3.8, 4) is 17.2 Å². The monoisotopic (exact) mass is 644 g/mol. The molecule has 0 aromatic heterocycles. The van der Waals surface area contributed by atoms with Gasteiger partial charge >= 0.3 is 0 Å². The molecule has 2 heterocycles. The molecule has 7 N–H and O–H groups in total. The molecule has 2 aliphatic heterocycles. The molecule has 46 heavy (non-hydrogen) atoms. The van der Waals surface area contributed by atoms with E-state index in [0.717, 1.165) is 17.5 Å². The van der Waals surface area contributed by atoms with Crippen molar-refractivity contribution >= 4 is 25.1 Å². The van der Waals surface area contributed by atoms with Gasteiger partial charge in [0.1, 0.15) is 48.1 Å². The van der Waals surface area contributed by atoms with Crippen LogP contribution in [0.3, 0.4) is 0 Å². The van der Waals surface area contributed by atoms with E-state index in [0.29, 0.717) is 22.6 Å². The van der Waals surface area contributed by atoms with Crippen molar-refractivity contribution < 1.29 is 49.0 Å². The number of carbonyl (C=O) groups excluding carboxylic acids is 2. The summed E-state index contributed by atoms with van der Waals surface area (Å²) in [5, 5.41) is 43.1. The third-order valence-electron chi connectivity index (χ3n) is 7.05. The standard InChI is InChI=1S/C18H23NO8.C14H18O.CH5N.CH2O/c1-8-11(25-17-14(23)13(22)16-18(3,26-16)27-17)6-5-10(15(8)24-7-20)12(21)9(2)19-4;1-4-5-12-7-9-14(15)13(10-12)8-6-11(2)3;2*1-2/h5-7,13-14,16-17,19,21-23H,1-4H3;4-7,9-10,15H,8H2,1-3H3;2H2,1H3;1H2/b12-9-;5-4-;;/t13?,14?,16-,17-,18?;;;/m1.../s1. The molecule has 254 valence electrons. The van der Waals surface area contributed by atoms with Crippen LogP contribution in [0.4, 0.5) is 0 Å². The van der Waals surface area contributed by atoms with Crippen LogP contribution in [0.5, 0.6) is 17.2 Å². The normalized spacial score (nSPS) is 22.9. The van der Waals surface area contributed by atoms with E-state index >= 15 is 0 Å². The first-order valence-corrected chi connectivity index (χ1v) is 14.5. The van der Waals surface area contributed by atoms with Crippen LogP contribution in [0.25, 0.3) is 11.8 Å². The van der Waals surface area contributed by atoms with Gasteiger partial charge in [0.25, 0.3) is 6.47 Å². The van der Waals surface area contributed by atoms with Crippen molar-refractivity contribution in [3.05, 3.63) is 76.0 Å². The largest absolute Gasteiger partial charge is 0.508 e. The fourth-order valence-corrected chi connectivity index (χ4v) is 4.44. The molecule has 0 bridgehead atoms. The zero-order valence-electron chi connectivity index (χ0n) is 27.7. The van der Waals surface area contributed by atoms with E-state index in [2.05, 4.69) is 31.0 Å². The summed E-state index contributed by atoms with van der Waals surface area (Å²) in [6, 6.07) is 8.76. The number of fused-ring (bicyclic) bond motifs is 1. The van der Waals surface area contributed by atoms with Crippen LogP contribution < -0.4 is 20.5 Å². The molecule has 2 aromatic carbocycles. The summed E-state index contributed by atoms with van der Waals surface area (Å²) in [7, 11) is 3.15. The number of nitrogens with one attached hydrogen (secondary N) is 1. The zero-order chi connectivity index (χ0) is 35.2. The Morgan fingerprint density at radius 1 is 1.11 bits per heavy atom. The number of epoxide rings is 1. The molecule has 2 saturated heterocycles. The summed E-state index contributed by atoms with van der Waals surface area (Å²) in [5.74, 6) is -0.364. The number of benzene rings is 2. The van der Waals surface area contributed by atoms with Gasteiger partial charge in [0.05, 0.1) is 11.3 Å². The van der Waals surface area contributed by atoms with Gasteiger partial charge in [-0.1, -0.05) is 29.9 Å². The first-order valence-electron chi connectivity index (χ1n) is 14.5. The Labute approximate surface area is 270 Å². The summed E-state index contributed by atoms with van der Waals surface area (Å²) < 4.78 is 21.6. The quantitative estimate of drug-likeness (QED) is 0.1000. The summed E-state index contributed by atoms with van der Waals surface area (Å²) in [5.41, 5.74) is 9.06. The Hall–Kier alpha value is -4.20. The van der Waals surface area contributed by atoms with Crippen LogP contribution in [0, 0.1) is 6.92 Å². The fourth-order valence-electron chi connectivity index (χ4n) is 4.44. The van der Waals surface area contributed by atoms with Gasteiger partial charge in [-0.3, -0.25) is 4.79 Å². The molecule has 3 unspecified atom stereocenters. The number of hydrogen-bond donors (Lipinski definition) is 6. The van der Waals surface area contributed by atoms with Crippen LogP contribution in [0.2, 0.25) is 0 Å². The number of hydrogen-bond acceptors (Lipinski definition) is 12. The van der Waals surface area contributed by atoms with Crippen molar-refractivity contribution in [2.24, 2.45) is 5.73 Å². The number of rotatable bonds is 9. The van der Waals surface area contributed by atoms with E-state index in [4.69, 9.17) is 23.7 Å². The highest BCUT2D eigenvalue weighted by atomic mass is 16.9. The third-order valence-corrected chi connectivity index (χ3v) is 7.05. The molecular formula is C34H48N2O10. The first kappa shape index (κ1) is 39.8. The number of aromatic hydroxyl groups is 1. The van der Waals surface area contributed by atoms with Gasteiger partial charge in [0.15, 0.2) is 5.79 Å². The second-order valence-electron chi connectivity index (χ2n) is 10.5. The second-order valence-corrected chi connectivity index (χ2v) is 10.5. The van der Waals surface area contributed by atoms with Crippen LogP contribution >= 0.6 is 0 Å². The fraction of sp³-hybridized carbons (Fsp3) is 0.412. The molecule has 2 fully saturated rings. The molecule has 2 aliphatic rings. The number of nitrogens with two attached hydrogens (primary N) is 1. The topological polar surface area (TPSA) is 193 Å². The Morgan fingerprint density at radius 3 is 2.33 bits per heavy atom. The predicted molar refractivity (Wildman–Crippen MR) is 176 cm³/mol. The van der Waals surface area contributed by atoms with Crippen molar-refractivity contribution in [3.63, 3.8) is 0 Å². The van der Waals surface area contributed by atoms with Crippen LogP contribution in [0.15, 0.2) is 53.8 Å². The van der Waals surface area contributed by atoms with E-state index in [1.807, 2.05) is 38.0 Å². The minimum absolute atomic E-state index is 0.0879. The molecule has 5 atom stereocenters. The lowest BCUT2D eigenvalue weighted by Gasteiger charge is -2.32.